The summed E-state index contributed by atoms with van der Waals surface area (Å²) in [7, 11) is 1.82. The molecule has 5 aliphatic carbocycles. The molecular weight excluding hydrogens is 482 g/mol. The molecule has 1 saturated heterocycles. The average molecular weight is 520 g/mol. The number of amides is 1. The maximum absolute atomic E-state index is 12.9. The van der Waals surface area contributed by atoms with Gasteiger partial charge in [-0.15, -0.1) is 5.10 Å². The van der Waals surface area contributed by atoms with Crippen LogP contribution in [0.5, 0.6) is 11.5 Å². The number of carbonyl (C=O) groups excluding carboxylic acids is 1. The zero-order valence-corrected chi connectivity index (χ0v) is 22.1. The molecule has 3 aliphatic heterocycles. The highest BCUT2D eigenvalue weighted by molar-refractivity contribution is 5.90. The number of benzene rings is 1. The summed E-state index contributed by atoms with van der Waals surface area (Å²) in [5.41, 5.74) is 2.93. The molecule has 1 amide bonds. The lowest BCUT2D eigenvalue weighted by Crippen LogP contribution is -2.81. The van der Waals surface area contributed by atoms with Crippen molar-refractivity contribution in [1.82, 2.24) is 10.2 Å². The molecule has 38 heavy (non-hydrogen) atoms. The number of rotatable bonds is 8. The van der Waals surface area contributed by atoms with Crippen LogP contribution < -0.4 is 10.1 Å². The van der Waals surface area contributed by atoms with Crippen molar-refractivity contribution in [2.45, 2.75) is 80.9 Å². The van der Waals surface area contributed by atoms with Crippen LogP contribution in [0.1, 0.15) is 62.5 Å². The lowest BCUT2D eigenvalue weighted by molar-refractivity contribution is -0.276. The van der Waals surface area contributed by atoms with Gasteiger partial charge in [-0.25, -0.2) is 0 Å². The van der Waals surface area contributed by atoms with E-state index in [0.29, 0.717) is 37.7 Å². The van der Waals surface area contributed by atoms with Gasteiger partial charge in [-0.1, -0.05) is 6.07 Å². The largest absolute Gasteiger partial charge is 0.504 e. The molecule has 5 fully saturated rings. The van der Waals surface area contributed by atoms with Crippen LogP contribution in [0.25, 0.3) is 0 Å². The van der Waals surface area contributed by atoms with Gasteiger partial charge in [-0.2, -0.15) is 5.11 Å². The molecule has 4 saturated carbocycles. The van der Waals surface area contributed by atoms with E-state index in [1.165, 1.54) is 30.5 Å². The van der Waals surface area contributed by atoms with Crippen LogP contribution in [0.4, 0.5) is 0 Å². The Morgan fingerprint density at radius 2 is 2.18 bits per heavy atom. The zero-order valence-electron chi connectivity index (χ0n) is 22.1. The summed E-state index contributed by atoms with van der Waals surface area (Å²) in [6.45, 7) is 3.37. The van der Waals surface area contributed by atoms with Crippen molar-refractivity contribution in [2.75, 3.05) is 33.3 Å². The van der Waals surface area contributed by atoms with Crippen LogP contribution >= 0.6 is 0 Å². The third-order valence-corrected chi connectivity index (χ3v) is 11.5. The highest BCUT2D eigenvalue weighted by atomic mass is 16.6. The minimum Gasteiger partial charge on any atom is -0.504 e. The van der Waals surface area contributed by atoms with E-state index in [9.17, 15) is 9.90 Å². The van der Waals surface area contributed by atoms with E-state index in [4.69, 9.17) is 9.47 Å². The van der Waals surface area contributed by atoms with Crippen molar-refractivity contribution >= 4 is 11.6 Å². The third kappa shape index (κ3) is 2.89. The van der Waals surface area contributed by atoms with Gasteiger partial charge in [-0.3, -0.25) is 9.69 Å². The molecule has 9 heteroatoms. The molecule has 4 bridgehead atoms. The van der Waals surface area contributed by atoms with E-state index in [0.717, 1.165) is 50.3 Å². The second-order valence-electron chi connectivity index (χ2n) is 12.9. The van der Waals surface area contributed by atoms with E-state index in [1.54, 1.807) is 0 Å². The Morgan fingerprint density at radius 3 is 2.97 bits per heavy atom. The minimum absolute atomic E-state index is 0.0364. The second kappa shape index (κ2) is 8.01. The Balaban J connectivity index is 1.15. The molecule has 9 nitrogen and oxygen atoms in total. The number of aromatic hydroxyl groups is 1. The van der Waals surface area contributed by atoms with Gasteiger partial charge in [0.1, 0.15) is 18.2 Å². The SMILES string of the molecule is COC12CC[C@@]3(CC1CNC(=O)CCC1=NN=NC1)[C@H]1Cc4ccc(O)c5c4[C@@]3(CCN1CC1CC1)C2O5. The topological polar surface area (TPSA) is 108 Å². The van der Waals surface area contributed by atoms with Gasteiger partial charge in [0.25, 0.3) is 0 Å². The molecular formula is C29H37N5O4. The predicted molar refractivity (Wildman–Crippen MR) is 140 cm³/mol. The van der Waals surface area contributed by atoms with Crippen molar-refractivity contribution < 1.29 is 19.4 Å². The maximum Gasteiger partial charge on any atom is 0.220 e. The van der Waals surface area contributed by atoms with Crippen LogP contribution in [-0.4, -0.2) is 72.7 Å². The van der Waals surface area contributed by atoms with Crippen LogP contribution in [0.2, 0.25) is 0 Å². The Labute approximate surface area is 223 Å². The number of ether oxygens (including phenoxy) is 2. The van der Waals surface area contributed by atoms with Gasteiger partial charge in [0.2, 0.25) is 5.91 Å². The zero-order chi connectivity index (χ0) is 25.7. The average Bonchev–Trinajstić information content (AvgIpc) is 3.43. The molecule has 3 unspecified atom stereocenters. The fourth-order valence-corrected chi connectivity index (χ4v) is 9.74. The number of nitrogens with one attached hydrogen (secondary N) is 1. The molecule has 6 atom stereocenters. The van der Waals surface area contributed by atoms with Crippen molar-refractivity contribution in [3.63, 3.8) is 0 Å². The fraction of sp³-hybridized carbons (Fsp3) is 0.724. The number of fused-ring (bicyclic) bond motifs is 2. The number of hydrogen-bond acceptors (Lipinski definition) is 8. The van der Waals surface area contributed by atoms with Crippen LogP contribution in [0.3, 0.4) is 0 Å². The monoisotopic (exact) mass is 519 g/mol. The van der Waals surface area contributed by atoms with Crippen molar-refractivity contribution in [2.24, 2.45) is 32.7 Å². The predicted octanol–water partition coefficient (Wildman–Crippen LogP) is 3.33. The summed E-state index contributed by atoms with van der Waals surface area (Å²) in [6, 6.07) is 4.44. The molecule has 1 aromatic rings. The highest BCUT2D eigenvalue weighted by Gasteiger charge is 2.80. The first kappa shape index (κ1) is 23.4. The minimum atomic E-state index is -0.494. The molecule has 2 N–H and O–H groups in total. The maximum atomic E-state index is 12.9. The molecule has 0 radical (unpaired) electrons. The first-order valence-electron chi connectivity index (χ1n) is 14.5. The van der Waals surface area contributed by atoms with E-state index in [-0.39, 0.29) is 34.5 Å². The van der Waals surface area contributed by atoms with Crippen LogP contribution in [-0.2, 0) is 21.4 Å². The smallest absolute Gasteiger partial charge is 0.220 e. The van der Waals surface area contributed by atoms with Gasteiger partial charge < -0.3 is 19.9 Å². The van der Waals surface area contributed by atoms with Crippen LogP contribution in [0.15, 0.2) is 27.6 Å². The van der Waals surface area contributed by atoms with Crippen molar-refractivity contribution in [3.05, 3.63) is 23.3 Å². The fourth-order valence-electron chi connectivity index (χ4n) is 9.74. The quantitative estimate of drug-likeness (QED) is 0.548. The number of carbonyl (C=O) groups is 1. The number of methoxy groups -OCH3 is 1. The third-order valence-electron chi connectivity index (χ3n) is 11.5. The second-order valence-corrected chi connectivity index (χ2v) is 12.9. The van der Waals surface area contributed by atoms with Gasteiger partial charge in [0.15, 0.2) is 11.5 Å². The lowest BCUT2D eigenvalue weighted by Gasteiger charge is -2.74. The molecule has 1 aromatic carbocycles. The number of hydrogen-bond donors (Lipinski definition) is 2. The van der Waals surface area contributed by atoms with Gasteiger partial charge in [0, 0.05) is 55.0 Å². The van der Waals surface area contributed by atoms with E-state index in [2.05, 4.69) is 31.7 Å². The lowest BCUT2D eigenvalue weighted by atomic mass is 9.35. The normalized spacial score (nSPS) is 39.6. The molecule has 0 aromatic heterocycles. The van der Waals surface area contributed by atoms with Crippen molar-refractivity contribution in [3.8, 4) is 11.5 Å². The first-order chi connectivity index (χ1) is 18.5. The molecule has 2 spiro atoms. The van der Waals surface area contributed by atoms with E-state index in [1.807, 2.05) is 13.2 Å². The number of nitrogens with zero attached hydrogens (tertiary/aromatic N) is 4. The summed E-state index contributed by atoms with van der Waals surface area (Å²) in [6.07, 6.45) is 8.68. The number of phenols is 1. The van der Waals surface area contributed by atoms with Crippen molar-refractivity contribution in [1.29, 1.82) is 0 Å². The molecule has 3 heterocycles. The summed E-state index contributed by atoms with van der Waals surface area (Å²) in [5, 5.41) is 25.8. The summed E-state index contributed by atoms with van der Waals surface area (Å²) >= 11 is 0. The molecule has 202 valence electrons. The summed E-state index contributed by atoms with van der Waals surface area (Å²) in [4.78, 5) is 15.7. The van der Waals surface area contributed by atoms with Gasteiger partial charge in [-0.05, 0) is 80.7 Å². The van der Waals surface area contributed by atoms with Crippen LogP contribution in [0, 0.1) is 17.3 Å². The summed E-state index contributed by atoms with van der Waals surface area (Å²) < 4.78 is 13.4. The van der Waals surface area contributed by atoms with Gasteiger partial charge in [0.05, 0.1) is 5.71 Å². The van der Waals surface area contributed by atoms with E-state index >= 15 is 0 Å². The standard InChI is InChI=1S/C29H37N5O4/c1-37-29-9-8-27(13-19(29)14-30-23(36)7-5-20-15-31-33-32-20)22-12-18-4-6-21(35)25-24(18)28(27,26(29)38-25)10-11-34(22)16-17-2-3-17/h4,6,17,19,22,26,35H,2-3,5,7-16H2,1H3,(H,30,36)/t19?,22-,26?,27-,28+,29?/m1/s1. The summed E-state index contributed by atoms with van der Waals surface area (Å²) in [5.74, 6) is 1.99. The Kier molecular flexibility index (Phi) is 4.92. The first-order valence-corrected chi connectivity index (χ1v) is 14.5. The number of phenolic OH excluding ortho intramolecular Hbond substituents is 1. The number of likely N-dealkylation sites (tertiary alicyclic amines) is 1. The molecule has 8 aliphatic rings. The van der Waals surface area contributed by atoms with E-state index < -0.39 is 5.60 Å². The Bertz CT molecular complexity index is 1260. The highest BCUT2D eigenvalue weighted by Crippen LogP contribution is 2.76. The Hall–Kier alpha value is -2.52. The number of piperidine rings is 1. The molecule has 9 rings (SSSR count). The van der Waals surface area contributed by atoms with Gasteiger partial charge >= 0.3 is 0 Å². The Morgan fingerprint density at radius 1 is 1.29 bits per heavy atom.